The predicted molar refractivity (Wildman–Crippen MR) is 68.1 cm³/mol. The minimum atomic E-state index is -1.01. The molecule has 0 radical (unpaired) electrons. The maximum absolute atomic E-state index is 13.5. The van der Waals surface area contributed by atoms with E-state index in [1.165, 1.54) is 28.0 Å². The van der Waals surface area contributed by atoms with Gasteiger partial charge in [-0.15, -0.1) is 0 Å². The molecule has 1 aromatic carbocycles. The zero-order valence-corrected chi connectivity index (χ0v) is 10.7. The summed E-state index contributed by atoms with van der Waals surface area (Å²) in [6.07, 6.45) is 0. The van der Waals surface area contributed by atoms with Gasteiger partial charge in [-0.1, -0.05) is 12.1 Å². The molecule has 0 unspecified atom stereocenters. The summed E-state index contributed by atoms with van der Waals surface area (Å²) in [4.78, 5) is 37.0. The molecule has 1 aromatic rings. The molecule has 20 heavy (non-hydrogen) atoms. The quantitative estimate of drug-likeness (QED) is 0.710. The second kappa shape index (κ2) is 5.68. The summed E-state index contributed by atoms with van der Waals surface area (Å²) >= 11 is 0. The zero-order valence-electron chi connectivity index (χ0n) is 10.7. The van der Waals surface area contributed by atoms with Gasteiger partial charge in [-0.2, -0.15) is 0 Å². The Labute approximate surface area is 114 Å². The van der Waals surface area contributed by atoms with E-state index in [1.807, 2.05) is 0 Å². The molecule has 1 saturated heterocycles. The number of carbonyl (C=O) groups excluding carboxylic acids is 3. The summed E-state index contributed by atoms with van der Waals surface area (Å²) in [7, 11) is 0. The zero-order chi connectivity index (χ0) is 14.7. The van der Waals surface area contributed by atoms with E-state index in [9.17, 15) is 18.8 Å². The van der Waals surface area contributed by atoms with E-state index >= 15 is 0 Å². The van der Waals surface area contributed by atoms with Gasteiger partial charge in [0.15, 0.2) is 0 Å². The number of benzene rings is 1. The smallest absolute Gasteiger partial charge is 0.311 e. The molecule has 6 nitrogen and oxygen atoms in total. The first kappa shape index (κ1) is 14.0. The summed E-state index contributed by atoms with van der Waals surface area (Å²) in [5.74, 6) is -2.77. The molecule has 1 fully saturated rings. The fourth-order valence-corrected chi connectivity index (χ4v) is 2.07. The second-order valence-corrected chi connectivity index (χ2v) is 4.43. The molecule has 0 atom stereocenters. The predicted octanol–water partition coefficient (Wildman–Crippen LogP) is -0.405. The lowest BCUT2D eigenvalue weighted by Gasteiger charge is -2.34. The second-order valence-electron chi connectivity index (χ2n) is 4.43. The van der Waals surface area contributed by atoms with Crippen LogP contribution in [0.15, 0.2) is 24.3 Å². The van der Waals surface area contributed by atoms with Gasteiger partial charge in [0.25, 0.3) is 5.91 Å². The van der Waals surface area contributed by atoms with Crippen LogP contribution in [0.25, 0.3) is 0 Å². The summed E-state index contributed by atoms with van der Waals surface area (Å²) in [5, 5.41) is 0. The molecule has 7 heteroatoms. The molecule has 0 bridgehead atoms. The average Bonchev–Trinajstić information content (AvgIpc) is 2.46. The first-order valence-electron chi connectivity index (χ1n) is 6.13. The molecule has 106 valence electrons. The Morgan fingerprint density at radius 2 is 1.55 bits per heavy atom. The molecule has 2 rings (SSSR count). The van der Waals surface area contributed by atoms with E-state index in [2.05, 4.69) is 0 Å². The summed E-state index contributed by atoms with van der Waals surface area (Å²) in [6.45, 7) is 0.905. The van der Waals surface area contributed by atoms with Crippen molar-refractivity contribution in [2.24, 2.45) is 5.73 Å². The van der Waals surface area contributed by atoms with Crippen molar-refractivity contribution in [2.45, 2.75) is 0 Å². The van der Waals surface area contributed by atoms with Crippen LogP contribution in [-0.4, -0.2) is 53.7 Å². The summed E-state index contributed by atoms with van der Waals surface area (Å²) in [6, 6.07) is 5.73. The number of nitrogens with two attached hydrogens (primary N) is 1. The number of hydrogen-bond donors (Lipinski definition) is 1. The van der Waals surface area contributed by atoms with Gasteiger partial charge in [-0.3, -0.25) is 14.4 Å². The third-order valence-corrected chi connectivity index (χ3v) is 3.17. The first-order valence-corrected chi connectivity index (χ1v) is 6.13. The van der Waals surface area contributed by atoms with E-state index in [1.54, 1.807) is 6.07 Å². The Hall–Kier alpha value is -2.44. The fourth-order valence-electron chi connectivity index (χ4n) is 2.07. The van der Waals surface area contributed by atoms with Gasteiger partial charge >= 0.3 is 11.8 Å². The van der Waals surface area contributed by atoms with E-state index < -0.39 is 23.5 Å². The van der Waals surface area contributed by atoms with E-state index in [-0.39, 0.29) is 31.7 Å². The molecule has 1 aliphatic heterocycles. The molecule has 1 aliphatic rings. The molecule has 3 amide bonds. The first-order chi connectivity index (χ1) is 9.50. The summed E-state index contributed by atoms with van der Waals surface area (Å²) in [5.41, 5.74) is 4.91. The van der Waals surface area contributed by atoms with Crippen molar-refractivity contribution in [3.05, 3.63) is 35.6 Å². The van der Waals surface area contributed by atoms with Crippen molar-refractivity contribution in [3.8, 4) is 0 Å². The molecular formula is C13H14FN3O3. The Morgan fingerprint density at radius 3 is 2.10 bits per heavy atom. The van der Waals surface area contributed by atoms with E-state index in [0.717, 1.165) is 0 Å². The van der Waals surface area contributed by atoms with Gasteiger partial charge in [-0.05, 0) is 12.1 Å². The number of rotatable bonds is 1. The average molecular weight is 279 g/mol. The highest BCUT2D eigenvalue weighted by molar-refractivity contribution is 6.34. The monoisotopic (exact) mass is 279 g/mol. The standard InChI is InChI=1S/C13H14FN3O3/c14-10-4-2-1-3-9(10)12(19)16-5-7-17(8-6-16)13(20)11(15)18/h1-4H,5-8H2,(H2,15,18). The van der Waals surface area contributed by atoms with E-state index in [4.69, 9.17) is 5.73 Å². The molecule has 0 aromatic heterocycles. The van der Waals surface area contributed by atoms with Crippen molar-refractivity contribution in [1.82, 2.24) is 9.80 Å². The van der Waals surface area contributed by atoms with Crippen molar-refractivity contribution >= 4 is 17.7 Å². The van der Waals surface area contributed by atoms with Crippen LogP contribution in [0.3, 0.4) is 0 Å². The largest absolute Gasteiger partial charge is 0.361 e. The highest BCUT2D eigenvalue weighted by atomic mass is 19.1. The molecule has 0 aliphatic carbocycles. The van der Waals surface area contributed by atoms with Crippen molar-refractivity contribution in [1.29, 1.82) is 0 Å². The lowest BCUT2D eigenvalue weighted by Crippen LogP contribution is -2.53. The molecule has 0 saturated carbocycles. The Bertz CT molecular complexity index is 554. The van der Waals surface area contributed by atoms with Crippen molar-refractivity contribution in [2.75, 3.05) is 26.2 Å². The van der Waals surface area contributed by atoms with Crippen LogP contribution in [0, 0.1) is 5.82 Å². The van der Waals surface area contributed by atoms with Crippen LogP contribution in [0.1, 0.15) is 10.4 Å². The number of hydrogen-bond acceptors (Lipinski definition) is 3. The highest BCUT2D eigenvalue weighted by Crippen LogP contribution is 2.12. The summed E-state index contributed by atoms with van der Waals surface area (Å²) < 4.78 is 13.5. The number of nitrogens with zero attached hydrogens (tertiary/aromatic N) is 2. The SMILES string of the molecule is NC(=O)C(=O)N1CCN(C(=O)c2ccccc2F)CC1. The molecule has 1 heterocycles. The maximum atomic E-state index is 13.5. The number of halogens is 1. The third kappa shape index (κ3) is 2.76. The Kier molecular flexibility index (Phi) is 3.97. The van der Waals surface area contributed by atoms with Crippen molar-refractivity contribution < 1.29 is 18.8 Å². The maximum Gasteiger partial charge on any atom is 0.311 e. The third-order valence-electron chi connectivity index (χ3n) is 3.17. The van der Waals surface area contributed by atoms with Crippen LogP contribution in [0.2, 0.25) is 0 Å². The van der Waals surface area contributed by atoms with Gasteiger partial charge in [0.05, 0.1) is 5.56 Å². The van der Waals surface area contributed by atoms with Gasteiger partial charge < -0.3 is 15.5 Å². The lowest BCUT2D eigenvalue weighted by molar-refractivity contribution is -0.145. The van der Waals surface area contributed by atoms with Crippen LogP contribution >= 0.6 is 0 Å². The number of amides is 3. The fraction of sp³-hybridized carbons (Fsp3) is 0.308. The van der Waals surface area contributed by atoms with Gasteiger partial charge in [-0.25, -0.2) is 4.39 Å². The topological polar surface area (TPSA) is 83.7 Å². The van der Waals surface area contributed by atoms with Gasteiger partial charge in [0, 0.05) is 26.2 Å². The molecule has 0 spiro atoms. The normalized spacial score (nSPS) is 15.1. The molecule has 2 N–H and O–H groups in total. The minimum absolute atomic E-state index is 0.00202. The Balaban J connectivity index is 2.01. The van der Waals surface area contributed by atoms with E-state index in [0.29, 0.717) is 0 Å². The minimum Gasteiger partial charge on any atom is -0.361 e. The van der Waals surface area contributed by atoms with Crippen LogP contribution in [0.5, 0.6) is 0 Å². The van der Waals surface area contributed by atoms with Gasteiger partial charge in [0.1, 0.15) is 5.82 Å². The van der Waals surface area contributed by atoms with Gasteiger partial charge in [0.2, 0.25) is 0 Å². The van der Waals surface area contributed by atoms with Crippen LogP contribution < -0.4 is 5.73 Å². The molecular weight excluding hydrogens is 265 g/mol. The number of piperazine rings is 1. The lowest BCUT2D eigenvalue weighted by atomic mass is 10.1. The van der Waals surface area contributed by atoms with Crippen LogP contribution in [0.4, 0.5) is 4.39 Å². The van der Waals surface area contributed by atoms with Crippen molar-refractivity contribution in [3.63, 3.8) is 0 Å². The highest BCUT2D eigenvalue weighted by Gasteiger charge is 2.27. The number of carbonyl (C=O) groups is 3. The van der Waals surface area contributed by atoms with Crippen LogP contribution in [-0.2, 0) is 9.59 Å². The number of primary amides is 1. The Morgan fingerprint density at radius 1 is 1.00 bits per heavy atom.